The van der Waals surface area contributed by atoms with Crippen molar-refractivity contribution in [2.45, 2.75) is 70.1 Å². The van der Waals surface area contributed by atoms with E-state index in [9.17, 15) is 0 Å². The number of rotatable bonds is 5. The fraction of sp³-hybridized carbons (Fsp3) is 0.688. The first kappa shape index (κ1) is 17.9. The van der Waals surface area contributed by atoms with Gasteiger partial charge in [-0.25, -0.2) is 0 Å². The van der Waals surface area contributed by atoms with Crippen molar-refractivity contribution in [2.24, 2.45) is 0 Å². The van der Waals surface area contributed by atoms with Gasteiger partial charge in [0.05, 0.1) is 24.2 Å². The molecule has 0 atom stereocenters. The largest absolute Gasteiger partial charge is 0.259 e. The second-order valence-electron chi connectivity index (χ2n) is 9.46. The molecular formula is C16H33NSi3. The second-order valence-corrected chi connectivity index (χ2v) is 26.1. The lowest BCUT2D eigenvalue weighted by Gasteiger charge is -2.38. The molecule has 114 valence electrons. The minimum absolute atomic E-state index is 0.747. The predicted octanol–water partition coefficient (Wildman–Crippen LogP) is 5.34. The molecule has 1 nitrogen and oxygen atoms in total. The van der Waals surface area contributed by atoms with Crippen LogP contribution in [0.2, 0.25) is 58.9 Å². The molecule has 1 rings (SSSR count). The van der Waals surface area contributed by atoms with Crippen LogP contribution in [0.15, 0.2) is 18.2 Å². The van der Waals surface area contributed by atoms with Gasteiger partial charge in [-0.05, 0) is 23.3 Å². The number of hydrogen-bond donors (Lipinski definition) is 0. The Bertz CT molecular complexity index is 436. The van der Waals surface area contributed by atoms with Crippen LogP contribution in [0.3, 0.4) is 0 Å². The van der Waals surface area contributed by atoms with Crippen LogP contribution >= 0.6 is 0 Å². The monoisotopic (exact) mass is 323 g/mol. The summed E-state index contributed by atoms with van der Waals surface area (Å²) >= 11 is 0. The van der Waals surface area contributed by atoms with E-state index in [-0.39, 0.29) is 0 Å². The molecule has 20 heavy (non-hydrogen) atoms. The van der Waals surface area contributed by atoms with E-state index in [1.54, 1.807) is 0 Å². The molecule has 0 aliphatic rings. The Morgan fingerprint density at radius 3 is 1.75 bits per heavy atom. The lowest BCUT2D eigenvalue weighted by atomic mass is 10.3. The van der Waals surface area contributed by atoms with Crippen molar-refractivity contribution < 1.29 is 0 Å². The van der Waals surface area contributed by atoms with Crippen molar-refractivity contribution in [3.05, 3.63) is 29.6 Å². The van der Waals surface area contributed by atoms with Crippen LogP contribution < -0.4 is 0 Å². The maximum absolute atomic E-state index is 5.10. The lowest BCUT2D eigenvalue weighted by Crippen LogP contribution is -2.47. The van der Waals surface area contributed by atoms with E-state index < -0.39 is 24.2 Å². The van der Waals surface area contributed by atoms with Crippen LogP contribution in [0.1, 0.15) is 16.6 Å². The summed E-state index contributed by atoms with van der Waals surface area (Å²) in [7, 11) is -3.56. The van der Waals surface area contributed by atoms with Crippen molar-refractivity contribution in [2.75, 3.05) is 0 Å². The molecule has 0 amide bonds. The Labute approximate surface area is 129 Å². The third-order valence-electron chi connectivity index (χ3n) is 3.57. The predicted molar refractivity (Wildman–Crippen MR) is 101 cm³/mol. The zero-order chi connectivity index (χ0) is 15.8. The molecule has 1 aromatic heterocycles. The molecule has 0 radical (unpaired) electrons. The summed E-state index contributed by atoms with van der Waals surface area (Å²) in [4.78, 5) is 5.10. The van der Waals surface area contributed by atoms with Crippen LogP contribution in [-0.2, 0) is 6.04 Å². The molecule has 0 aliphatic heterocycles. The second kappa shape index (κ2) is 5.89. The van der Waals surface area contributed by atoms with E-state index in [1.807, 2.05) is 0 Å². The van der Waals surface area contributed by atoms with Gasteiger partial charge in [0, 0.05) is 11.4 Å². The van der Waals surface area contributed by atoms with Crippen molar-refractivity contribution >= 4 is 24.2 Å². The van der Waals surface area contributed by atoms with Crippen LogP contribution in [0.25, 0.3) is 0 Å². The first-order chi connectivity index (χ1) is 8.81. The maximum atomic E-state index is 5.10. The summed E-state index contributed by atoms with van der Waals surface area (Å²) in [5, 5.41) is 0.747. The minimum Gasteiger partial charge on any atom is -0.259 e. The molecule has 1 aromatic rings. The van der Waals surface area contributed by atoms with E-state index in [2.05, 4.69) is 77.1 Å². The minimum atomic E-state index is -1.23. The van der Waals surface area contributed by atoms with Crippen molar-refractivity contribution in [1.29, 1.82) is 0 Å². The standard InChI is InChI=1S/C16H33NSi3/c1-18(2,3)13-14-11-10-12-15(17-14)16(19(4,5)6)20(7,8)9/h10-12,16H,13H2,1-9H3. The Balaban J connectivity index is 3.20. The molecule has 0 saturated carbocycles. The maximum Gasteiger partial charge on any atom is 0.0513 e. The van der Waals surface area contributed by atoms with Crippen molar-refractivity contribution in [3.63, 3.8) is 0 Å². The van der Waals surface area contributed by atoms with E-state index in [0.717, 1.165) is 5.16 Å². The third-order valence-corrected chi connectivity index (χ3v) is 14.2. The van der Waals surface area contributed by atoms with Crippen molar-refractivity contribution in [3.8, 4) is 0 Å². The van der Waals surface area contributed by atoms with Gasteiger partial charge < -0.3 is 0 Å². The quantitative estimate of drug-likeness (QED) is 0.666. The van der Waals surface area contributed by atoms with Crippen LogP contribution in [-0.4, -0.2) is 29.2 Å². The van der Waals surface area contributed by atoms with Crippen molar-refractivity contribution in [1.82, 2.24) is 4.98 Å². The van der Waals surface area contributed by atoms with E-state index in [0.29, 0.717) is 0 Å². The molecule has 0 aromatic carbocycles. The smallest absolute Gasteiger partial charge is 0.0513 e. The molecule has 0 fully saturated rings. The van der Waals surface area contributed by atoms with Gasteiger partial charge in [-0.3, -0.25) is 4.98 Å². The Kier molecular flexibility index (Phi) is 5.26. The highest BCUT2D eigenvalue weighted by Crippen LogP contribution is 2.34. The summed E-state index contributed by atoms with van der Waals surface area (Å²) in [6.07, 6.45) is 0. The lowest BCUT2D eigenvalue weighted by molar-refractivity contribution is 1.01. The molecule has 0 N–H and O–H groups in total. The molecule has 0 spiro atoms. The normalized spacial score (nSPS) is 13.9. The highest BCUT2D eigenvalue weighted by molar-refractivity contribution is 6.96. The van der Waals surface area contributed by atoms with Crippen LogP contribution in [0.5, 0.6) is 0 Å². The fourth-order valence-electron chi connectivity index (χ4n) is 3.49. The Hall–Kier alpha value is -0.199. The summed E-state index contributed by atoms with van der Waals surface area (Å²) in [5.74, 6) is 0. The molecule has 4 heteroatoms. The fourth-order valence-corrected chi connectivity index (χ4v) is 17.3. The number of hydrogen-bond acceptors (Lipinski definition) is 1. The summed E-state index contributed by atoms with van der Waals surface area (Å²) < 4.78 is 0. The molecule has 0 aliphatic carbocycles. The molecule has 0 unspecified atom stereocenters. The summed E-state index contributed by atoms with van der Waals surface area (Å²) in [5.41, 5.74) is 2.71. The van der Waals surface area contributed by atoms with E-state index in [4.69, 9.17) is 4.98 Å². The van der Waals surface area contributed by atoms with Crippen LogP contribution in [0, 0.1) is 0 Å². The summed E-state index contributed by atoms with van der Waals surface area (Å²) in [6, 6.07) is 7.96. The van der Waals surface area contributed by atoms with E-state index in [1.165, 1.54) is 17.4 Å². The number of pyridine rings is 1. The highest BCUT2D eigenvalue weighted by atomic mass is 28.4. The molecule has 0 saturated heterocycles. The zero-order valence-corrected chi connectivity index (χ0v) is 18.0. The van der Waals surface area contributed by atoms with Gasteiger partial charge in [0.25, 0.3) is 0 Å². The van der Waals surface area contributed by atoms with Gasteiger partial charge in [0.2, 0.25) is 0 Å². The topological polar surface area (TPSA) is 12.9 Å². The first-order valence-corrected chi connectivity index (χ1v) is 18.6. The molecule has 1 heterocycles. The average Bonchev–Trinajstić information content (AvgIpc) is 2.09. The highest BCUT2D eigenvalue weighted by Gasteiger charge is 2.39. The third kappa shape index (κ3) is 5.30. The van der Waals surface area contributed by atoms with Gasteiger partial charge in [-0.1, -0.05) is 65.0 Å². The Morgan fingerprint density at radius 1 is 0.850 bits per heavy atom. The van der Waals surface area contributed by atoms with E-state index >= 15 is 0 Å². The summed E-state index contributed by atoms with van der Waals surface area (Å²) in [6.45, 7) is 22.3. The molecular weight excluding hydrogens is 290 g/mol. The Morgan fingerprint density at radius 2 is 1.35 bits per heavy atom. The van der Waals surface area contributed by atoms with Gasteiger partial charge in [-0.15, -0.1) is 0 Å². The van der Waals surface area contributed by atoms with Gasteiger partial charge >= 0.3 is 0 Å². The van der Waals surface area contributed by atoms with Gasteiger partial charge in [-0.2, -0.15) is 0 Å². The van der Waals surface area contributed by atoms with Gasteiger partial charge in [0.15, 0.2) is 0 Å². The number of nitrogens with zero attached hydrogens (tertiary/aromatic N) is 1. The molecule has 0 bridgehead atoms. The average molecular weight is 324 g/mol. The van der Waals surface area contributed by atoms with Crippen LogP contribution in [0.4, 0.5) is 0 Å². The SMILES string of the molecule is C[Si](C)(C)Cc1cccc(C([Si](C)(C)C)[Si](C)(C)C)n1. The zero-order valence-electron chi connectivity index (χ0n) is 15.0. The number of aromatic nitrogens is 1. The first-order valence-electron chi connectivity index (χ1n) is 7.76. The van der Waals surface area contributed by atoms with Gasteiger partial charge in [0.1, 0.15) is 0 Å².